The van der Waals surface area contributed by atoms with E-state index < -0.39 is 45.5 Å². The maximum Gasteiger partial charge on any atom is 0.271 e. The van der Waals surface area contributed by atoms with Crippen molar-refractivity contribution in [3.05, 3.63) is 63.0 Å². The molecule has 0 aromatic heterocycles. The van der Waals surface area contributed by atoms with Crippen LogP contribution in [0.15, 0.2) is 18.2 Å². The van der Waals surface area contributed by atoms with Gasteiger partial charge in [-0.05, 0) is 6.07 Å². The van der Waals surface area contributed by atoms with E-state index in [1.165, 1.54) is 0 Å². The number of morpholine rings is 1. The van der Waals surface area contributed by atoms with Gasteiger partial charge in [0, 0.05) is 25.2 Å². The second-order valence-corrected chi connectivity index (χ2v) is 5.96. The second kappa shape index (κ2) is 7.99. The van der Waals surface area contributed by atoms with Crippen molar-refractivity contribution in [2.24, 2.45) is 0 Å². The van der Waals surface area contributed by atoms with Gasteiger partial charge in [-0.1, -0.05) is 0 Å². The Balaban J connectivity index is 2.02. The van der Waals surface area contributed by atoms with E-state index in [-0.39, 0.29) is 30.3 Å². The van der Waals surface area contributed by atoms with E-state index in [9.17, 15) is 36.9 Å². The molecule has 0 spiro atoms. The van der Waals surface area contributed by atoms with Crippen molar-refractivity contribution in [1.82, 2.24) is 0 Å². The van der Waals surface area contributed by atoms with Crippen molar-refractivity contribution in [3.63, 3.8) is 0 Å². The number of halogens is 5. The van der Waals surface area contributed by atoms with E-state index in [0.29, 0.717) is 13.1 Å². The lowest BCUT2D eigenvalue weighted by atomic mass is 10.1. The molecule has 0 bridgehead atoms. The van der Waals surface area contributed by atoms with Gasteiger partial charge in [0.2, 0.25) is 5.82 Å². The first kappa shape index (κ1) is 20.5. The molecule has 154 valence electrons. The summed E-state index contributed by atoms with van der Waals surface area (Å²) >= 11 is 0. The number of nitro groups is 1. The van der Waals surface area contributed by atoms with Crippen molar-refractivity contribution < 1.29 is 36.4 Å². The van der Waals surface area contributed by atoms with Crippen molar-refractivity contribution in [2.45, 2.75) is 0 Å². The number of ether oxygens (including phenoxy) is 1. The number of nitro benzene ring substituents is 1. The molecule has 1 heterocycles. The molecule has 12 heteroatoms. The van der Waals surface area contributed by atoms with Crippen LogP contribution in [0.4, 0.5) is 39.0 Å². The Labute approximate surface area is 159 Å². The van der Waals surface area contributed by atoms with Crippen molar-refractivity contribution in [3.8, 4) is 0 Å². The molecule has 0 radical (unpaired) electrons. The van der Waals surface area contributed by atoms with E-state index in [2.05, 4.69) is 5.32 Å². The minimum Gasteiger partial charge on any atom is -0.378 e. The van der Waals surface area contributed by atoms with Crippen LogP contribution in [0.2, 0.25) is 0 Å². The summed E-state index contributed by atoms with van der Waals surface area (Å²) in [5.74, 6) is -13.1. The molecule has 1 saturated heterocycles. The summed E-state index contributed by atoms with van der Waals surface area (Å²) in [5, 5.41) is 13.1. The molecule has 1 aliphatic rings. The van der Waals surface area contributed by atoms with Gasteiger partial charge in [-0.25, -0.2) is 22.0 Å². The van der Waals surface area contributed by atoms with E-state index in [0.717, 1.165) is 18.2 Å². The van der Waals surface area contributed by atoms with Crippen LogP contribution in [0.25, 0.3) is 0 Å². The Bertz CT molecular complexity index is 967. The maximum absolute atomic E-state index is 13.9. The zero-order valence-electron chi connectivity index (χ0n) is 14.5. The maximum atomic E-state index is 13.9. The summed E-state index contributed by atoms with van der Waals surface area (Å²) < 4.78 is 72.9. The number of non-ortho nitro benzene ring substituents is 1. The number of nitrogens with zero attached hydrogens (tertiary/aromatic N) is 2. The molecule has 2 aromatic carbocycles. The molecule has 1 aliphatic heterocycles. The molecule has 1 N–H and O–H groups in total. The number of hydrogen-bond acceptors (Lipinski definition) is 5. The Morgan fingerprint density at radius 1 is 1.00 bits per heavy atom. The van der Waals surface area contributed by atoms with E-state index >= 15 is 0 Å². The van der Waals surface area contributed by atoms with Gasteiger partial charge in [0.25, 0.3) is 11.6 Å². The van der Waals surface area contributed by atoms with Gasteiger partial charge < -0.3 is 15.0 Å². The van der Waals surface area contributed by atoms with Gasteiger partial charge in [0.15, 0.2) is 23.3 Å². The van der Waals surface area contributed by atoms with Crippen LogP contribution in [-0.2, 0) is 4.74 Å². The van der Waals surface area contributed by atoms with Crippen LogP contribution in [0.1, 0.15) is 10.4 Å². The molecule has 2 aromatic rings. The fraction of sp³-hybridized carbons (Fsp3) is 0.235. The average Bonchev–Trinajstić information content (AvgIpc) is 2.71. The number of carbonyl (C=O) groups is 1. The predicted octanol–water partition coefficient (Wildman–Crippen LogP) is 3.38. The smallest absolute Gasteiger partial charge is 0.271 e. The Hall–Kier alpha value is -3.28. The third-order valence-electron chi connectivity index (χ3n) is 4.23. The minimum absolute atomic E-state index is 0.105. The van der Waals surface area contributed by atoms with E-state index in [1.807, 2.05) is 0 Å². The second-order valence-electron chi connectivity index (χ2n) is 5.96. The van der Waals surface area contributed by atoms with Crippen LogP contribution in [0.3, 0.4) is 0 Å². The fourth-order valence-electron chi connectivity index (χ4n) is 2.79. The molecule has 1 amide bonds. The van der Waals surface area contributed by atoms with Gasteiger partial charge in [0.05, 0.1) is 29.5 Å². The van der Waals surface area contributed by atoms with Gasteiger partial charge in [-0.15, -0.1) is 0 Å². The van der Waals surface area contributed by atoms with Crippen LogP contribution in [0.5, 0.6) is 0 Å². The number of rotatable bonds is 4. The molecule has 7 nitrogen and oxygen atoms in total. The van der Waals surface area contributed by atoms with Gasteiger partial charge >= 0.3 is 0 Å². The summed E-state index contributed by atoms with van der Waals surface area (Å²) in [4.78, 5) is 24.3. The number of carbonyl (C=O) groups excluding carboxylic acids is 1. The summed E-state index contributed by atoms with van der Waals surface area (Å²) in [7, 11) is 0. The summed E-state index contributed by atoms with van der Waals surface area (Å²) in [6.45, 7) is 1.17. The van der Waals surface area contributed by atoms with E-state index in [1.54, 1.807) is 4.90 Å². The summed E-state index contributed by atoms with van der Waals surface area (Å²) in [6.07, 6.45) is 0. The first-order valence-corrected chi connectivity index (χ1v) is 8.16. The Morgan fingerprint density at radius 3 is 2.10 bits per heavy atom. The van der Waals surface area contributed by atoms with E-state index in [4.69, 9.17) is 4.74 Å². The summed E-state index contributed by atoms with van der Waals surface area (Å²) in [6, 6.07) is 3.25. The first-order valence-electron chi connectivity index (χ1n) is 8.16. The monoisotopic (exact) mass is 417 g/mol. The molecular weight excluding hydrogens is 405 g/mol. The number of anilines is 2. The van der Waals surface area contributed by atoms with Crippen LogP contribution >= 0.6 is 0 Å². The quantitative estimate of drug-likeness (QED) is 0.271. The van der Waals surface area contributed by atoms with Crippen molar-refractivity contribution in [2.75, 3.05) is 36.5 Å². The third-order valence-corrected chi connectivity index (χ3v) is 4.23. The van der Waals surface area contributed by atoms with Crippen molar-refractivity contribution in [1.29, 1.82) is 0 Å². The minimum atomic E-state index is -2.39. The lowest BCUT2D eigenvalue weighted by Crippen LogP contribution is -2.37. The average molecular weight is 417 g/mol. The number of hydrogen-bond donors (Lipinski definition) is 1. The lowest BCUT2D eigenvalue weighted by molar-refractivity contribution is -0.384. The number of benzene rings is 2. The lowest BCUT2D eigenvalue weighted by Gasteiger charge is -2.30. The van der Waals surface area contributed by atoms with Crippen molar-refractivity contribution >= 4 is 23.0 Å². The highest BCUT2D eigenvalue weighted by atomic mass is 19.2. The fourth-order valence-corrected chi connectivity index (χ4v) is 2.79. The highest BCUT2D eigenvalue weighted by molar-refractivity contribution is 6.06. The molecule has 1 fully saturated rings. The van der Waals surface area contributed by atoms with Gasteiger partial charge in [0.1, 0.15) is 5.56 Å². The van der Waals surface area contributed by atoms with Crippen LogP contribution in [0, 0.1) is 39.2 Å². The molecular formula is C17H12F5N3O4. The molecule has 29 heavy (non-hydrogen) atoms. The van der Waals surface area contributed by atoms with Gasteiger partial charge in [-0.2, -0.15) is 0 Å². The zero-order chi connectivity index (χ0) is 21.3. The topological polar surface area (TPSA) is 84.7 Å². The third kappa shape index (κ3) is 3.83. The Kier molecular flexibility index (Phi) is 5.64. The zero-order valence-corrected chi connectivity index (χ0v) is 14.5. The molecule has 3 rings (SSSR count). The van der Waals surface area contributed by atoms with Crippen LogP contribution in [-0.4, -0.2) is 37.1 Å². The normalized spacial score (nSPS) is 14.0. The molecule has 0 saturated carbocycles. The highest BCUT2D eigenvalue weighted by Gasteiger charge is 2.30. The van der Waals surface area contributed by atoms with Gasteiger partial charge in [-0.3, -0.25) is 14.9 Å². The largest absolute Gasteiger partial charge is 0.378 e. The summed E-state index contributed by atoms with van der Waals surface area (Å²) in [5.41, 5.74) is -1.94. The SMILES string of the molecule is O=C(Nc1ccc([N+](=O)[O-])cc1N1CCOCC1)c1c(F)c(F)c(F)c(F)c1F. The number of nitrogens with one attached hydrogen (secondary N) is 1. The molecule has 0 aliphatic carbocycles. The Morgan fingerprint density at radius 2 is 1.55 bits per heavy atom. The molecule has 0 atom stereocenters. The first-order chi connectivity index (χ1) is 13.7. The number of amides is 1. The predicted molar refractivity (Wildman–Crippen MR) is 90.3 cm³/mol. The standard InChI is InChI=1S/C17H12F5N3O4/c18-12-11(13(19)15(21)16(22)14(12)20)17(26)23-9-2-1-8(25(27)28)7-10(9)24-3-5-29-6-4-24/h1-2,7H,3-6H2,(H,23,26). The molecule has 0 unspecified atom stereocenters. The van der Waals surface area contributed by atoms with Crippen LogP contribution < -0.4 is 10.2 Å². The highest BCUT2D eigenvalue weighted by Crippen LogP contribution is 2.32.